The van der Waals surface area contributed by atoms with Gasteiger partial charge in [-0.25, -0.2) is 0 Å². The highest BCUT2D eigenvalue weighted by Crippen LogP contribution is 2.06. The van der Waals surface area contributed by atoms with Gasteiger partial charge >= 0.3 is 0 Å². The molecule has 1 fully saturated rings. The Morgan fingerprint density at radius 2 is 2.54 bits per heavy atom. The lowest BCUT2D eigenvalue weighted by molar-refractivity contribution is -0.125. The molecule has 1 saturated heterocycles. The number of nitriles is 1. The van der Waals surface area contributed by atoms with Crippen molar-refractivity contribution in [2.75, 3.05) is 26.8 Å². The average molecular weight is 183 g/mol. The van der Waals surface area contributed by atoms with E-state index < -0.39 is 0 Å². The molecule has 0 spiro atoms. The van der Waals surface area contributed by atoms with E-state index in [1.54, 1.807) is 0 Å². The van der Waals surface area contributed by atoms with Crippen molar-refractivity contribution in [1.29, 1.82) is 5.26 Å². The summed E-state index contributed by atoms with van der Waals surface area (Å²) in [6, 6.07) is 2.07. The zero-order valence-electron chi connectivity index (χ0n) is 7.54. The van der Waals surface area contributed by atoms with E-state index in [1.807, 2.05) is 0 Å². The van der Waals surface area contributed by atoms with Crippen molar-refractivity contribution in [2.45, 2.75) is 6.04 Å². The number of ether oxygens (including phenoxy) is 1. The number of methoxy groups -OCH3 is 1. The molecular weight excluding hydrogens is 170 g/mol. The molecule has 72 valence electrons. The van der Waals surface area contributed by atoms with Gasteiger partial charge in [0.05, 0.1) is 18.0 Å². The van der Waals surface area contributed by atoms with Gasteiger partial charge in [-0.3, -0.25) is 4.79 Å². The predicted molar refractivity (Wildman–Crippen MR) is 45.8 cm³/mol. The van der Waals surface area contributed by atoms with Gasteiger partial charge in [-0.1, -0.05) is 0 Å². The summed E-state index contributed by atoms with van der Waals surface area (Å²) in [6.45, 7) is 1.36. The fraction of sp³-hybridized carbons (Fsp3) is 0.750. The van der Waals surface area contributed by atoms with Crippen LogP contribution in [0.15, 0.2) is 0 Å². The third-order valence-corrected chi connectivity index (χ3v) is 2.00. The van der Waals surface area contributed by atoms with Gasteiger partial charge in [-0.15, -0.1) is 0 Å². The predicted octanol–water partition coefficient (Wildman–Crippen LogP) is -1.14. The zero-order valence-corrected chi connectivity index (χ0v) is 7.54. The van der Waals surface area contributed by atoms with Gasteiger partial charge in [0.2, 0.25) is 5.91 Å². The van der Waals surface area contributed by atoms with Gasteiger partial charge in [0, 0.05) is 20.2 Å². The maximum absolute atomic E-state index is 11.1. The van der Waals surface area contributed by atoms with Gasteiger partial charge in [0.15, 0.2) is 0 Å². The summed E-state index contributed by atoms with van der Waals surface area (Å²) in [6.07, 6.45) is 0. The fourth-order valence-corrected chi connectivity index (χ4v) is 1.35. The zero-order chi connectivity index (χ0) is 9.68. The topological polar surface area (TPSA) is 74.2 Å². The van der Waals surface area contributed by atoms with Crippen LogP contribution in [-0.2, 0) is 9.53 Å². The smallest absolute Gasteiger partial charge is 0.246 e. The first-order chi connectivity index (χ1) is 6.27. The number of nitrogens with one attached hydrogen (secondary N) is 2. The van der Waals surface area contributed by atoms with Crippen LogP contribution >= 0.6 is 0 Å². The molecule has 2 unspecified atom stereocenters. The van der Waals surface area contributed by atoms with E-state index in [1.165, 1.54) is 7.11 Å². The summed E-state index contributed by atoms with van der Waals surface area (Å²) in [7, 11) is 1.47. The number of rotatable bonds is 3. The molecule has 1 heterocycles. The summed E-state index contributed by atoms with van der Waals surface area (Å²) < 4.78 is 4.67. The normalized spacial score (nSPS) is 26.8. The largest absolute Gasteiger partial charge is 0.375 e. The highest BCUT2D eigenvalue weighted by atomic mass is 16.5. The number of hydrogen-bond donors (Lipinski definition) is 2. The summed E-state index contributed by atoms with van der Waals surface area (Å²) in [4.78, 5) is 11.1. The number of nitrogens with zero attached hydrogens (tertiary/aromatic N) is 1. The first kappa shape index (κ1) is 9.96. The summed E-state index contributed by atoms with van der Waals surface area (Å²) in [5.41, 5.74) is 0. The first-order valence-electron chi connectivity index (χ1n) is 4.16. The molecule has 1 aliphatic heterocycles. The van der Waals surface area contributed by atoms with Crippen LogP contribution in [0, 0.1) is 17.2 Å². The Morgan fingerprint density at radius 3 is 3.15 bits per heavy atom. The van der Waals surface area contributed by atoms with Crippen LogP contribution < -0.4 is 10.6 Å². The Hall–Kier alpha value is -1.12. The minimum Gasteiger partial charge on any atom is -0.375 e. The van der Waals surface area contributed by atoms with E-state index in [9.17, 15) is 4.79 Å². The standard InChI is InChI=1S/C8H13N3O2/c1-13-5-8(12)11-7-4-10-3-6(7)2-9/h6-7,10H,3-5H2,1H3,(H,11,12). The molecule has 2 N–H and O–H groups in total. The second-order valence-corrected chi connectivity index (χ2v) is 3.00. The quantitative estimate of drug-likeness (QED) is 0.580. The highest BCUT2D eigenvalue weighted by Gasteiger charge is 2.27. The summed E-state index contributed by atoms with van der Waals surface area (Å²) >= 11 is 0. The van der Waals surface area contributed by atoms with Crippen LogP contribution in [0.25, 0.3) is 0 Å². The third kappa shape index (κ3) is 2.68. The van der Waals surface area contributed by atoms with Crippen LogP contribution in [0.2, 0.25) is 0 Å². The van der Waals surface area contributed by atoms with E-state index in [0.717, 1.165) is 0 Å². The molecule has 1 amide bonds. The van der Waals surface area contributed by atoms with Gasteiger partial charge in [0.25, 0.3) is 0 Å². The van der Waals surface area contributed by atoms with Gasteiger partial charge < -0.3 is 15.4 Å². The second-order valence-electron chi connectivity index (χ2n) is 3.00. The van der Waals surface area contributed by atoms with Crippen molar-refractivity contribution < 1.29 is 9.53 Å². The van der Waals surface area contributed by atoms with Crippen molar-refractivity contribution >= 4 is 5.91 Å². The summed E-state index contributed by atoms with van der Waals surface area (Å²) in [5, 5.41) is 14.5. The Kier molecular flexibility index (Phi) is 3.68. The molecule has 1 rings (SSSR count). The molecule has 0 bridgehead atoms. The van der Waals surface area contributed by atoms with Crippen molar-refractivity contribution in [2.24, 2.45) is 5.92 Å². The monoisotopic (exact) mass is 183 g/mol. The maximum atomic E-state index is 11.1. The van der Waals surface area contributed by atoms with Crippen LogP contribution in [-0.4, -0.2) is 38.8 Å². The van der Waals surface area contributed by atoms with E-state index in [4.69, 9.17) is 5.26 Å². The molecule has 13 heavy (non-hydrogen) atoms. The second kappa shape index (κ2) is 4.80. The van der Waals surface area contributed by atoms with Crippen LogP contribution in [0.3, 0.4) is 0 Å². The van der Waals surface area contributed by atoms with Gasteiger partial charge in [-0.2, -0.15) is 5.26 Å². The van der Waals surface area contributed by atoms with E-state index in [-0.39, 0.29) is 24.5 Å². The molecule has 0 radical (unpaired) electrons. The van der Waals surface area contributed by atoms with E-state index in [0.29, 0.717) is 13.1 Å². The number of carbonyl (C=O) groups excluding carboxylic acids is 1. The third-order valence-electron chi connectivity index (χ3n) is 2.00. The Morgan fingerprint density at radius 1 is 1.77 bits per heavy atom. The molecule has 1 aliphatic rings. The van der Waals surface area contributed by atoms with E-state index in [2.05, 4.69) is 21.4 Å². The van der Waals surface area contributed by atoms with Crippen LogP contribution in [0.1, 0.15) is 0 Å². The molecule has 2 atom stereocenters. The van der Waals surface area contributed by atoms with Crippen molar-refractivity contribution in [1.82, 2.24) is 10.6 Å². The minimum atomic E-state index is -0.170. The SMILES string of the molecule is COCC(=O)NC1CNCC1C#N. The number of hydrogen-bond acceptors (Lipinski definition) is 4. The lowest BCUT2D eigenvalue weighted by atomic mass is 10.1. The van der Waals surface area contributed by atoms with Gasteiger partial charge in [0.1, 0.15) is 6.61 Å². The molecule has 0 aromatic heterocycles. The van der Waals surface area contributed by atoms with Crippen LogP contribution in [0.5, 0.6) is 0 Å². The number of amides is 1. The Labute approximate surface area is 77.1 Å². The van der Waals surface area contributed by atoms with Crippen molar-refractivity contribution in [3.63, 3.8) is 0 Å². The molecule has 5 nitrogen and oxygen atoms in total. The van der Waals surface area contributed by atoms with Crippen molar-refractivity contribution in [3.8, 4) is 6.07 Å². The van der Waals surface area contributed by atoms with Crippen molar-refractivity contribution in [3.05, 3.63) is 0 Å². The first-order valence-corrected chi connectivity index (χ1v) is 4.16. The molecule has 0 aromatic carbocycles. The highest BCUT2D eigenvalue weighted by molar-refractivity contribution is 5.77. The molecule has 0 aromatic rings. The maximum Gasteiger partial charge on any atom is 0.246 e. The minimum absolute atomic E-state index is 0.0502. The molecular formula is C8H13N3O2. The lowest BCUT2D eigenvalue weighted by Crippen LogP contribution is -2.41. The Bertz CT molecular complexity index is 224. The summed E-state index contributed by atoms with van der Waals surface area (Å²) in [5.74, 6) is -0.294. The van der Waals surface area contributed by atoms with E-state index >= 15 is 0 Å². The Balaban J connectivity index is 2.36. The number of carbonyl (C=O) groups is 1. The molecule has 5 heteroatoms. The lowest BCUT2D eigenvalue weighted by Gasteiger charge is -2.13. The van der Waals surface area contributed by atoms with Gasteiger partial charge in [-0.05, 0) is 0 Å². The van der Waals surface area contributed by atoms with Crippen LogP contribution in [0.4, 0.5) is 0 Å². The molecule has 0 saturated carbocycles. The molecule has 0 aliphatic carbocycles. The average Bonchev–Trinajstić information content (AvgIpc) is 2.52. The fourth-order valence-electron chi connectivity index (χ4n) is 1.35.